The van der Waals surface area contributed by atoms with E-state index in [0.717, 1.165) is 54.0 Å². The molecule has 1 aliphatic heterocycles. The number of aromatic hydroxyl groups is 1. The van der Waals surface area contributed by atoms with Crippen molar-refractivity contribution in [3.63, 3.8) is 0 Å². The van der Waals surface area contributed by atoms with Crippen LogP contribution in [-0.4, -0.2) is 41.4 Å². The molecular formula is C18H16ClN3O2. The zero-order valence-electron chi connectivity index (χ0n) is 12.9. The van der Waals surface area contributed by atoms with Crippen LogP contribution in [0.3, 0.4) is 0 Å². The molecule has 3 aromatic rings. The summed E-state index contributed by atoms with van der Waals surface area (Å²) in [6.07, 6.45) is 3.50. The summed E-state index contributed by atoms with van der Waals surface area (Å²) in [5, 5.41) is 11.0. The van der Waals surface area contributed by atoms with Gasteiger partial charge in [0.2, 0.25) is 0 Å². The summed E-state index contributed by atoms with van der Waals surface area (Å²) in [5.41, 5.74) is 3.87. The number of ether oxygens (including phenoxy) is 1. The van der Waals surface area contributed by atoms with Crippen molar-refractivity contribution in [3.05, 3.63) is 47.9 Å². The molecule has 0 bridgehead atoms. The van der Waals surface area contributed by atoms with Gasteiger partial charge in [0.05, 0.1) is 18.7 Å². The molecule has 6 heteroatoms. The fourth-order valence-corrected chi connectivity index (χ4v) is 3.09. The lowest BCUT2D eigenvalue weighted by Crippen LogP contribution is -2.36. The molecule has 4 rings (SSSR count). The molecule has 0 amide bonds. The van der Waals surface area contributed by atoms with E-state index in [0.29, 0.717) is 0 Å². The van der Waals surface area contributed by atoms with Gasteiger partial charge in [0.1, 0.15) is 0 Å². The topological polar surface area (TPSA) is 58.5 Å². The molecule has 1 saturated heterocycles. The minimum Gasteiger partial charge on any atom is -0.505 e. The number of aromatic nitrogens is 2. The maximum atomic E-state index is 9.80. The average Bonchev–Trinajstić information content (AvgIpc) is 2.64. The summed E-state index contributed by atoms with van der Waals surface area (Å²) in [6, 6.07) is 9.71. The van der Waals surface area contributed by atoms with E-state index in [2.05, 4.69) is 20.9 Å². The monoisotopic (exact) mass is 341 g/mol. The fraction of sp³-hybridized carbons (Fsp3) is 0.222. The Kier molecular flexibility index (Phi) is 3.96. The van der Waals surface area contributed by atoms with Crippen molar-refractivity contribution in [3.8, 4) is 16.9 Å². The highest BCUT2D eigenvalue weighted by Gasteiger charge is 2.15. The van der Waals surface area contributed by atoms with Crippen molar-refractivity contribution in [1.82, 2.24) is 9.97 Å². The van der Waals surface area contributed by atoms with Gasteiger partial charge in [-0.15, -0.1) is 0 Å². The van der Waals surface area contributed by atoms with Crippen molar-refractivity contribution in [2.75, 3.05) is 31.2 Å². The highest BCUT2D eigenvalue weighted by Crippen LogP contribution is 2.32. The van der Waals surface area contributed by atoms with Crippen LogP contribution in [-0.2, 0) is 4.74 Å². The van der Waals surface area contributed by atoms with E-state index in [1.807, 2.05) is 24.4 Å². The van der Waals surface area contributed by atoms with Gasteiger partial charge < -0.3 is 14.7 Å². The molecule has 0 saturated carbocycles. The molecule has 24 heavy (non-hydrogen) atoms. The van der Waals surface area contributed by atoms with E-state index < -0.39 is 0 Å². The van der Waals surface area contributed by atoms with Crippen LogP contribution in [0.4, 0.5) is 5.69 Å². The smallest absolute Gasteiger partial charge is 0.170 e. The van der Waals surface area contributed by atoms with E-state index in [1.54, 1.807) is 12.3 Å². The number of pyridine rings is 2. The number of hydrogen-bond donors (Lipinski definition) is 1. The lowest BCUT2D eigenvalue weighted by atomic mass is 10.0. The largest absolute Gasteiger partial charge is 0.505 e. The van der Waals surface area contributed by atoms with Crippen LogP contribution in [0.2, 0.25) is 5.15 Å². The van der Waals surface area contributed by atoms with Crippen molar-refractivity contribution < 1.29 is 9.84 Å². The first kappa shape index (κ1) is 15.2. The molecule has 1 aliphatic rings. The van der Waals surface area contributed by atoms with E-state index in [-0.39, 0.29) is 10.9 Å². The molecule has 0 radical (unpaired) electrons. The van der Waals surface area contributed by atoms with Crippen molar-refractivity contribution >= 4 is 28.2 Å². The molecule has 2 aromatic heterocycles. The van der Waals surface area contributed by atoms with Crippen LogP contribution >= 0.6 is 11.6 Å². The molecule has 1 N–H and O–H groups in total. The first-order chi connectivity index (χ1) is 11.7. The summed E-state index contributed by atoms with van der Waals surface area (Å²) in [5.74, 6) is -0.0196. The van der Waals surface area contributed by atoms with Gasteiger partial charge in [0, 0.05) is 42.1 Å². The molecular weight excluding hydrogens is 326 g/mol. The van der Waals surface area contributed by atoms with E-state index in [9.17, 15) is 5.11 Å². The molecule has 3 heterocycles. The van der Waals surface area contributed by atoms with Gasteiger partial charge in [-0.05, 0) is 29.8 Å². The van der Waals surface area contributed by atoms with Crippen LogP contribution in [0.25, 0.3) is 22.0 Å². The third-order valence-electron chi connectivity index (χ3n) is 4.22. The van der Waals surface area contributed by atoms with Crippen LogP contribution < -0.4 is 4.90 Å². The van der Waals surface area contributed by atoms with Gasteiger partial charge in [-0.25, -0.2) is 4.98 Å². The second-order valence-electron chi connectivity index (χ2n) is 5.70. The van der Waals surface area contributed by atoms with E-state index in [4.69, 9.17) is 16.3 Å². The quantitative estimate of drug-likeness (QED) is 0.723. The summed E-state index contributed by atoms with van der Waals surface area (Å²) in [7, 11) is 0. The number of nitrogens with zero attached hydrogens (tertiary/aromatic N) is 3. The summed E-state index contributed by atoms with van der Waals surface area (Å²) in [4.78, 5) is 10.8. The fourth-order valence-electron chi connectivity index (χ4n) is 2.99. The summed E-state index contributed by atoms with van der Waals surface area (Å²) < 4.78 is 5.44. The minimum absolute atomic E-state index is 0.0196. The van der Waals surface area contributed by atoms with Crippen LogP contribution in [0.1, 0.15) is 0 Å². The number of anilines is 1. The number of halogens is 1. The highest BCUT2D eigenvalue weighted by atomic mass is 35.5. The number of morpholine rings is 1. The molecule has 1 fully saturated rings. The Bertz CT molecular complexity index is 895. The van der Waals surface area contributed by atoms with E-state index in [1.165, 1.54) is 0 Å². The standard InChI is InChI=1S/C18H16ClN3O2/c19-18-17(23)10-13(11-21-18)12-1-2-15-14(9-12)16(3-4-20-15)22-5-7-24-8-6-22/h1-4,9-11,23H,5-8H2. The number of rotatable bonds is 2. The molecule has 5 nitrogen and oxygen atoms in total. The normalized spacial score (nSPS) is 15.0. The Hall–Kier alpha value is -2.37. The number of fused-ring (bicyclic) bond motifs is 1. The van der Waals surface area contributed by atoms with Crippen molar-refractivity contribution in [2.24, 2.45) is 0 Å². The Morgan fingerprint density at radius 1 is 1.04 bits per heavy atom. The van der Waals surface area contributed by atoms with Gasteiger partial charge in [-0.3, -0.25) is 4.98 Å². The Morgan fingerprint density at radius 3 is 2.67 bits per heavy atom. The Labute approximate surface area is 144 Å². The molecule has 0 aliphatic carbocycles. The Balaban J connectivity index is 1.82. The summed E-state index contributed by atoms with van der Waals surface area (Å²) in [6.45, 7) is 3.20. The van der Waals surface area contributed by atoms with Crippen molar-refractivity contribution in [1.29, 1.82) is 0 Å². The first-order valence-electron chi connectivity index (χ1n) is 7.79. The van der Waals surface area contributed by atoms with Crippen LogP contribution in [0.15, 0.2) is 42.7 Å². The predicted octanol–water partition coefficient (Wildman–Crippen LogP) is 3.49. The van der Waals surface area contributed by atoms with Gasteiger partial charge in [0.15, 0.2) is 10.9 Å². The second-order valence-corrected chi connectivity index (χ2v) is 6.05. The van der Waals surface area contributed by atoms with Gasteiger partial charge >= 0.3 is 0 Å². The van der Waals surface area contributed by atoms with Crippen molar-refractivity contribution in [2.45, 2.75) is 0 Å². The summed E-state index contributed by atoms with van der Waals surface area (Å²) >= 11 is 5.80. The second kappa shape index (κ2) is 6.26. The minimum atomic E-state index is -0.0196. The maximum absolute atomic E-state index is 9.80. The third-order valence-corrected chi connectivity index (χ3v) is 4.52. The predicted molar refractivity (Wildman–Crippen MR) is 94.7 cm³/mol. The van der Waals surface area contributed by atoms with Crippen LogP contribution in [0, 0.1) is 0 Å². The SMILES string of the molecule is Oc1cc(-c2ccc3nccc(N4CCOCC4)c3c2)cnc1Cl. The third kappa shape index (κ3) is 2.77. The van der Waals surface area contributed by atoms with Crippen LogP contribution in [0.5, 0.6) is 5.75 Å². The Morgan fingerprint density at radius 2 is 1.88 bits per heavy atom. The zero-order valence-corrected chi connectivity index (χ0v) is 13.7. The molecule has 0 unspecified atom stereocenters. The average molecular weight is 342 g/mol. The lowest BCUT2D eigenvalue weighted by Gasteiger charge is -2.29. The van der Waals surface area contributed by atoms with E-state index >= 15 is 0 Å². The number of hydrogen-bond acceptors (Lipinski definition) is 5. The zero-order chi connectivity index (χ0) is 16.5. The maximum Gasteiger partial charge on any atom is 0.170 e. The van der Waals surface area contributed by atoms with Gasteiger partial charge in [0.25, 0.3) is 0 Å². The molecule has 0 spiro atoms. The highest BCUT2D eigenvalue weighted by molar-refractivity contribution is 6.30. The molecule has 122 valence electrons. The first-order valence-corrected chi connectivity index (χ1v) is 8.16. The number of benzene rings is 1. The molecule has 1 aromatic carbocycles. The molecule has 0 atom stereocenters. The van der Waals surface area contributed by atoms with Gasteiger partial charge in [-0.1, -0.05) is 17.7 Å². The van der Waals surface area contributed by atoms with Gasteiger partial charge in [-0.2, -0.15) is 0 Å². The lowest BCUT2D eigenvalue weighted by molar-refractivity contribution is 0.123.